The number of hydrogen-bond donors (Lipinski definition) is 1. The summed E-state index contributed by atoms with van der Waals surface area (Å²) in [6.07, 6.45) is 4.83. The lowest BCUT2D eigenvalue weighted by molar-refractivity contribution is -0.377. The minimum Gasteiger partial charge on any atom is -0.493 e. The molecule has 3 aliphatic rings. The molecule has 1 aromatic carbocycles. The third kappa shape index (κ3) is 7.93. The molecular formula is C34H36Cl2N3O6S2+. The van der Waals surface area contributed by atoms with E-state index in [1.165, 1.54) is 22.7 Å². The molecule has 7 rings (SSSR count). The van der Waals surface area contributed by atoms with Crippen molar-refractivity contribution in [2.24, 2.45) is 5.92 Å². The number of carbonyl (C=O) groups excluding carboxylic acids is 2. The largest absolute Gasteiger partial charge is 0.493 e. The highest BCUT2D eigenvalue weighted by Crippen LogP contribution is 2.36. The molecular weight excluding hydrogens is 681 g/mol. The number of aromatic amines is 1. The molecule has 0 saturated carbocycles. The third-order valence-electron chi connectivity index (χ3n) is 8.69. The van der Waals surface area contributed by atoms with Crippen molar-refractivity contribution in [3.05, 3.63) is 96.0 Å². The van der Waals surface area contributed by atoms with E-state index in [2.05, 4.69) is 15.2 Å². The Morgan fingerprint density at radius 1 is 1.04 bits per heavy atom. The Labute approximate surface area is 291 Å². The van der Waals surface area contributed by atoms with E-state index in [0.717, 1.165) is 42.2 Å². The third-order valence-corrected chi connectivity index (χ3v) is 11.4. The Morgan fingerprint density at radius 2 is 1.81 bits per heavy atom. The first-order valence-electron chi connectivity index (χ1n) is 15.4. The predicted octanol–water partition coefficient (Wildman–Crippen LogP) is 6.56. The van der Waals surface area contributed by atoms with Crippen molar-refractivity contribution < 1.29 is 33.5 Å². The number of carbonyl (C=O) groups is 2. The summed E-state index contributed by atoms with van der Waals surface area (Å²) in [7, 11) is 3.10. The molecule has 248 valence electrons. The smallest absolute Gasteiger partial charge is 0.348 e. The van der Waals surface area contributed by atoms with Crippen LogP contribution in [0.5, 0.6) is 11.5 Å². The Balaban J connectivity index is 1.15. The highest BCUT2D eigenvalue weighted by molar-refractivity contribution is 7.14. The van der Waals surface area contributed by atoms with E-state index < -0.39 is 18.1 Å². The number of halogens is 2. The number of piperidine rings is 3. The number of pyridine rings is 1. The van der Waals surface area contributed by atoms with Crippen LogP contribution in [0.3, 0.4) is 0 Å². The van der Waals surface area contributed by atoms with Crippen LogP contribution in [-0.2, 0) is 27.2 Å². The van der Waals surface area contributed by atoms with Gasteiger partial charge in [-0.25, -0.2) is 14.6 Å². The molecule has 13 heteroatoms. The van der Waals surface area contributed by atoms with Crippen LogP contribution < -0.4 is 19.8 Å². The summed E-state index contributed by atoms with van der Waals surface area (Å²) >= 11 is 15.8. The van der Waals surface area contributed by atoms with Crippen LogP contribution in [-0.4, -0.2) is 56.8 Å². The molecule has 0 spiro atoms. The summed E-state index contributed by atoms with van der Waals surface area (Å²) in [5, 5.41) is 6.19. The molecule has 6 heterocycles. The SMILES string of the molecule is COc1ccc([C@H](Cc2c(Cl)c[nH+]cc2Cl)OC(=O)c2ccc(CNC(C(=O)OC3CN4CCC3CC4)c3cccs3)s2)cc1OC. The van der Waals surface area contributed by atoms with Gasteiger partial charge in [0, 0.05) is 34.8 Å². The van der Waals surface area contributed by atoms with Crippen LogP contribution in [0.15, 0.2) is 60.2 Å². The number of thiophene rings is 2. The van der Waals surface area contributed by atoms with Crippen molar-refractivity contribution in [1.29, 1.82) is 0 Å². The zero-order chi connectivity index (χ0) is 32.9. The number of fused-ring (bicyclic) bond motifs is 3. The summed E-state index contributed by atoms with van der Waals surface area (Å²) in [6.45, 7) is 3.34. The fraction of sp³-hybridized carbons (Fsp3) is 0.382. The van der Waals surface area contributed by atoms with E-state index >= 15 is 0 Å². The zero-order valence-electron chi connectivity index (χ0n) is 26.0. The second kappa shape index (κ2) is 15.4. The van der Waals surface area contributed by atoms with Crippen LogP contribution >= 0.6 is 45.9 Å². The highest BCUT2D eigenvalue weighted by Gasteiger charge is 2.38. The average Bonchev–Trinajstić information content (AvgIpc) is 3.80. The number of hydrogen-bond acceptors (Lipinski definition) is 10. The van der Waals surface area contributed by atoms with E-state index in [0.29, 0.717) is 50.0 Å². The van der Waals surface area contributed by atoms with Crippen LogP contribution in [0.1, 0.15) is 55.5 Å². The monoisotopic (exact) mass is 716 g/mol. The van der Waals surface area contributed by atoms with Crippen LogP contribution in [0, 0.1) is 5.92 Å². The standard InChI is InChI=1S/C34H35Cl2N3O6S2/c1-42-26-7-5-21(14-28(26)43-2)27(15-23-24(35)17-37-18-25(23)36)44-33(40)31-8-6-22(47-31)16-38-32(30-4-3-13-46-30)34(41)45-29-19-39-11-9-20(29)10-12-39/h3-8,13-14,17-18,20,27,29,32,38H,9-12,15-16,19H2,1-2H3/p+1/t27-,29?,32?/m0/s1. The topological polar surface area (TPSA) is 100 Å². The molecule has 2 N–H and O–H groups in total. The van der Waals surface area contributed by atoms with Gasteiger partial charge in [0.05, 0.1) is 14.2 Å². The lowest BCUT2D eigenvalue weighted by Crippen LogP contribution is -2.52. The average molecular weight is 718 g/mol. The fourth-order valence-electron chi connectivity index (χ4n) is 6.13. The second-order valence-electron chi connectivity index (χ2n) is 11.6. The quantitative estimate of drug-likeness (QED) is 0.156. The maximum atomic E-state index is 13.6. The molecule has 9 nitrogen and oxygen atoms in total. The number of nitrogens with zero attached hydrogens (tertiary/aromatic N) is 1. The van der Waals surface area contributed by atoms with Gasteiger partial charge in [0.2, 0.25) is 0 Å². The number of H-pyrrole nitrogens is 1. The Morgan fingerprint density at radius 3 is 2.47 bits per heavy atom. The van der Waals surface area contributed by atoms with Crippen molar-refractivity contribution in [3.8, 4) is 11.5 Å². The van der Waals surface area contributed by atoms with Gasteiger partial charge >= 0.3 is 11.9 Å². The van der Waals surface area contributed by atoms with Crippen molar-refractivity contribution in [2.75, 3.05) is 33.9 Å². The molecule has 47 heavy (non-hydrogen) atoms. The zero-order valence-corrected chi connectivity index (χ0v) is 29.1. The number of esters is 2. The number of methoxy groups -OCH3 is 2. The molecule has 2 bridgehead atoms. The molecule has 2 unspecified atom stereocenters. The maximum absolute atomic E-state index is 13.6. The van der Waals surface area contributed by atoms with Gasteiger partial charge in [-0.2, -0.15) is 0 Å². The van der Waals surface area contributed by atoms with Crippen LogP contribution in [0.25, 0.3) is 0 Å². The van der Waals surface area contributed by atoms with Gasteiger partial charge in [-0.3, -0.25) is 10.2 Å². The second-order valence-corrected chi connectivity index (χ2v) is 14.5. The van der Waals surface area contributed by atoms with E-state index in [1.54, 1.807) is 44.8 Å². The van der Waals surface area contributed by atoms with Gasteiger partial charge in [-0.15, -0.1) is 22.7 Å². The first kappa shape index (κ1) is 33.7. The summed E-state index contributed by atoms with van der Waals surface area (Å²) < 4.78 is 23.1. The molecule has 3 saturated heterocycles. The normalized spacial score (nSPS) is 20.0. The first-order valence-corrected chi connectivity index (χ1v) is 17.8. The predicted molar refractivity (Wildman–Crippen MR) is 182 cm³/mol. The van der Waals surface area contributed by atoms with Gasteiger partial charge in [-0.1, -0.05) is 35.3 Å². The molecule has 4 aromatic rings. The summed E-state index contributed by atoms with van der Waals surface area (Å²) in [6, 6.07) is 12.2. The molecule has 0 aliphatic carbocycles. The maximum Gasteiger partial charge on any atom is 0.348 e. The summed E-state index contributed by atoms with van der Waals surface area (Å²) in [4.78, 5) is 34.5. The Hall–Kier alpha value is -3.19. The molecule has 0 radical (unpaired) electrons. The molecule has 3 aliphatic heterocycles. The highest BCUT2D eigenvalue weighted by atomic mass is 35.5. The van der Waals surface area contributed by atoms with Gasteiger partial charge in [0.15, 0.2) is 23.9 Å². The van der Waals surface area contributed by atoms with E-state index in [1.807, 2.05) is 29.6 Å². The van der Waals surface area contributed by atoms with Gasteiger partial charge in [0.25, 0.3) is 0 Å². The van der Waals surface area contributed by atoms with Crippen molar-refractivity contribution in [3.63, 3.8) is 0 Å². The van der Waals surface area contributed by atoms with Crippen molar-refractivity contribution in [1.82, 2.24) is 10.2 Å². The van der Waals surface area contributed by atoms with Crippen molar-refractivity contribution in [2.45, 2.75) is 44.1 Å². The number of nitrogens with one attached hydrogen (secondary N) is 2. The number of ether oxygens (including phenoxy) is 4. The lowest BCUT2D eigenvalue weighted by Gasteiger charge is -2.44. The van der Waals surface area contributed by atoms with Gasteiger partial charge < -0.3 is 18.9 Å². The fourth-order valence-corrected chi connectivity index (χ4v) is 8.29. The van der Waals surface area contributed by atoms with E-state index in [-0.39, 0.29) is 18.5 Å². The Kier molecular flexibility index (Phi) is 11.0. The van der Waals surface area contributed by atoms with Crippen LogP contribution in [0.2, 0.25) is 10.0 Å². The van der Waals surface area contributed by atoms with Crippen LogP contribution in [0.4, 0.5) is 0 Å². The molecule has 3 aromatic heterocycles. The number of rotatable bonds is 13. The lowest BCUT2D eigenvalue weighted by atomic mass is 9.86. The summed E-state index contributed by atoms with van der Waals surface area (Å²) in [5.41, 5.74) is 1.33. The minimum atomic E-state index is -0.729. The summed E-state index contributed by atoms with van der Waals surface area (Å²) in [5.74, 6) is 0.717. The number of aromatic nitrogens is 1. The van der Waals surface area contributed by atoms with Gasteiger partial charge in [0.1, 0.15) is 33.2 Å². The minimum absolute atomic E-state index is 0.0743. The molecule has 3 fully saturated rings. The molecule has 0 amide bonds. The molecule has 3 atom stereocenters. The first-order chi connectivity index (χ1) is 22.8. The van der Waals surface area contributed by atoms with Gasteiger partial charge in [-0.05, 0) is 73.1 Å². The number of benzene rings is 1. The van der Waals surface area contributed by atoms with E-state index in [9.17, 15) is 9.59 Å². The Bertz CT molecular complexity index is 1670. The van der Waals surface area contributed by atoms with E-state index in [4.69, 9.17) is 42.1 Å². The van der Waals surface area contributed by atoms with Crippen molar-refractivity contribution >= 4 is 57.8 Å².